The standard InChI is InChI=1S/C16H23F3N4O2S/c1-11(2)8-23-5-6-25-12(9-23)7-21-14(24)10-26-15-20-4-3-13(22-15)16(17,18)19/h3-4,11-12H,5-10H2,1-2H3,(H,21,24). The molecule has 0 saturated carbocycles. The average Bonchev–Trinajstić information content (AvgIpc) is 2.57. The topological polar surface area (TPSA) is 67.3 Å². The van der Waals surface area contributed by atoms with Crippen LogP contribution in [0, 0.1) is 5.92 Å². The largest absolute Gasteiger partial charge is 0.433 e. The number of thioether (sulfide) groups is 1. The quantitative estimate of drug-likeness (QED) is 0.566. The average molecular weight is 392 g/mol. The number of rotatable bonds is 7. The van der Waals surface area contributed by atoms with Crippen LogP contribution < -0.4 is 5.32 Å². The van der Waals surface area contributed by atoms with Gasteiger partial charge >= 0.3 is 6.18 Å². The van der Waals surface area contributed by atoms with Gasteiger partial charge in [0.05, 0.1) is 18.5 Å². The van der Waals surface area contributed by atoms with Gasteiger partial charge in [0.1, 0.15) is 5.69 Å². The molecule has 1 atom stereocenters. The molecule has 1 aliphatic rings. The molecule has 0 aromatic carbocycles. The molecule has 0 radical (unpaired) electrons. The third-order valence-electron chi connectivity index (χ3n) is 3.63. The lowest BCUT2D eigenvalue weighted by atomic mass is 10.2. The molecule has 26 heavy (non-hydrogen) atoms. The van der Waals surface area contributed by atoms with Crippen LogP contribution in [0.4, 0.5) is 13.2 Å². The molecule has 0 spiro atoms. The van der Waals surface area contributed by atoms with E-state index in [2.05, 4.69) is 34.0 Å². The SMILES string of the molecule is CC(C)CN1CCOC(CNC(=O)CSc2nccc(C(F)(F)F)n2)C1. The van der Waals surface area contributed by atoms with Crippen molar-refractivity contribution >= 4 is 17.7 Å². The zero-order chi connectivity index (χ0) is 19.2. The van der Waals surface area contributed by atoms with Crippen molar-refractivity contribution in [3.8, 4) is 0 Å². The van der Waals surface area contributed by atoms with Gasteiger partial charge in [-0.05, 0) is 12.0 Å². The number of aromatic nitrogens is 2. The van der Waals surface area contributed by atoms with Gasteiger partial charge in [0.2, 0.25) is 5.91 Å². The fraction of sp³-hybridized carbons (Fsp3) is 0.688. The summed E-state index contributed by atoms with van der Waals surface area (Å²) in [5, 5.41) is 2.68. The van der Waals surface area contributed by atoms with Crippen molar-refractivity contribution < 1.29 is 22.7 Å². The van der Waals surface area contributed by atoms with E-state index in [1.807, 2.05) is 0 Å². The van der Waals surface area contributed by atoms with E-state index in [9.17, 15) is 18.0 Å². The summed E-state index contributed by atoms with van der Waals surface area (Å²) < 4.78 is 43.5. The van der Waals surface area contributed by atoms with Crippen molar-refractivity contribution in [1.82, 2.24) is 20.2 Å². The van der Waals surface area contributed by atoms with Crippen molar-refractivity contribution in [2.24, 2.45) is 5.92 Å². The number of morpholine rings is 1. The van der Waals surface area contributed by atoms with Crippen molar-refractivity contribution in [2.45, 2.75) is 31.3 Å². The molecule has 1 saturated heterocycles. The number of hydrogen-bond donors (Lipinski definition) is 1. The maximum Gasteiger partial charge on any atom is 0.433 e. The van der Waals surface area contributed by atoms with Gasteiger partial charge in [-0.2, -0.15) is 13.2 Å². The number of hydrogen-bond acceptors (Lipinski definition) is 6. The Morgan fingerprint density at radius 3 is 2.96 bits per heavy atom. The molecular weight excluding hydrogens is 369 g/mol. The number of nitrogens with one attached hydrogen (secondary N) is 1. The van der Waals surface area contributed by atoms with Crippen molar-refractivity contribution in [1.29, 1.82) is 0 Å². The van der Waals surface area contributed by atoms with Gasteiger partial charge < -0.3 is 10.1 Å². The Morgan fingerprint density at radius 1 is 1.50 bits per heavy atom. The number of nitrogens with zero attached hydrogens (tertiary/aromatic N) is 3. The number of carbonyl (C=O) groups is 1. The van der Waals surface area contributed by atoms with Gasteiger partial charge in [-0.15, -0.1) is 0 Å². The zero-order valence-corrected chi connectivity index (χ0v) is 15.6. The molecule has 10 heteroatoms. The second-order valence-corrected chi connectivity index (χ2v) is 7.40. The van der Waals surface area contributed by atoms with Gasteiger partial charge in [0.15, 0.2) is 5.16 Å². The number of alkyl halides is 3. The first-order valence-corrected chi connectivity index (χ1v) is 9.36. The highest BCUT2D eigenvalue weighted by atomic mass is 32.2. The summed E-state index contributed by atoms with van der Waals surface area (Å²) in [6.07, 6.45) is -3.57. The Morgan fingerprint density at radius 2 is 2.27 bits per heavy atom. The molecular formula is C16H23F3N4O2S. The van der Waals surface area contributed by atoms with Crippen LogP contribution in [-0.4, -0.2) is 65.4 Å². The molecule has 1 N–H and O–H groups in total. The van der Waals surface area contributed by atoms with E-state index in [-0.39, 0.29) is 22.9 Å². The first-order chi connectivity index (χ1) is 12.2. The zero-order valence-electron chi connectivity index (χ0n) is 14.8. The minimum atomic E-state index is -4.53. The minimum Gasteiger partial charge on any atom is -0.374 e. The van der Waals surface area contributed by atoms with Crippen molar-refractivity contribution in [3.63, 3.8) is 0 Å². The first-order valence-electron chi connectivity index (χ1n) is 8.37. The van der Waals surface area contributed by atoms with E-state index in [0.29, 0.717) is 19.1 Å². The van der Waals surface area contributed by atoms with Crippen LogP contribution >= 0.6 is 11.8 Å². The van der Waals surface area contributed by atoms with E-state index in [0.717, 1.165) is 43.7 Å². The van der Waals surface area contributed by atoms with Crippen LogP contribution in [0.1, 0.15) is 19.5 Å². The second kappa shape index (κ2) is 9.52. The molecule has 0 bridgehead atoms. The highest BCUT2D eigenvalue weighted by molar-refractivity contribution is 7.99. The summed E-state index contributed by atoms with van der Waals surface area (Å²) in [5.41, 5.74) is -1.02. The predicted molar refractivity (Wildman–Crippen MR) is 91.8 cm³/mol. The van der Waals surface area contributed by atoms with E-state index in [4.69, 9.17) is 4.74 Å². The van der Waals surface area contributed by atoms with Gasteiger partial charge in [0.25, 0.3) is 0 Å². The molecule has 2 heterocycles. The Labute approximate surface area is 154 Å². The third-order valence-corrected chi connectivity index (χ3v) is 4.49. The van der Waals surface area contributed by atoms with Crippen LogP contribution in [-0.2, 0) is 15.7 Å². The lowest BCUT2D eigenvalue weighted by molar-refractivity contribution is -0.141. The number of ether oxygens (including phenoxy) is 1. The molecule has 1 unspecified atom stereocenters. The molecule has 146 valence electrons. The third kappa shape index (κ3) is 7.08. The van der Waals surface area contributed by atoms with Crippen molar-refractivity contribution in [2.75, 3.05) is 38.5 Å². The van der Waals surface area contributed by atoms with E-state index in [1.165, 1.54) is 0 Å². The van der Waals surface area contributed by atoms with E-state index in [1.54, 1.807) is 0 Å². The number of carbonyl (C=O) groups excluding carboxylic acids is 1. The molecule has 2 rings (SSSR count). The summed E-state index contributed by atoms with van der Waals surface area (Å²) >= 11 is 0.869. The second-order valence-electron chi connectivity index (χ2n) is 6.46. The smallest absolute Gasteiger partial charge is 0.374 e. The Balaban J connectivity index is 1.74. The van der Waals surface area contributed by atoms with Crippen LogP contribution in [0.5, 0.6) is 0 Å². The van der Waals surface area contributed by atoms with Gasteiger partial charge in [0, 0.05) is 32.4 Å². The Hall–Kier alpha value is -1.39. The van der Waals surface area contributed by atoms with Crippen LogP contribution in [0.2, 0.25) is 0 Å². The maximum absolute atomic E-state index is 12.6. The molecule has 1 aromatic rings. The molecule has 6 nitrogen and oxygen atoms in total. The van der Waals surface area contributed by atoms with Crippen LogP contribution in [0.3, 0.4) is 0 Å². The summed E-state index contributed by atoms with van der Waals surface area (Å²) in [5.74, 6) is 0.219. The molecule has 1 amide bonds. The molecule has 1 aliphatic heterocycles. The lowest BCUT2D eigenvalue weighted by Gasteiger charge is -2.33. The molecule has 0 aliphatic carbocycles. The van der Waals surface area contributed by atoms with Gasteiger partial charge in [-0.25, -0.2) is 9.97 Å². The van der Waals surface area contributed by atoms with E-state index < -0.39 is 11.9 Å². The summed E-state index contributed by atoms with van der Waals surface area (Å²) in [6, 6.07) is 0.799. The molecule has 1 fully saturated rings. The fourth-order valence-corrected chi connectivity index (χ4v) is 3.22. The van der Waals surface area contributed by atoms with Crippen LogP contribution in [0.15, 0.2) is 17.4 Å². The van der Waals surface area contributed by atoms with Gasteiger partial charge in [-0.1, -0.05) is 25.6 Å². The maximum atomic E-state index is 12.6. The Kier molecular flexibility index (Phi) is 7.66. The first kappa shape index (κ1) is 20.9. The summed E-state index contributed by atoms with van der Waals surface area (Å²) in [6.45, 7) is 7.92. The number of amides is 1. The summed E-state index contributed by atoms with van der Waals surface area (Å²) in [7, 11) is 0. The Bertz CT molecular complexity index is 601. The monoisotopic (exact) mass is 392 g/mol. The minimum absolute atomic E-state index is 0.0518. The van der Waals surface area contributed by atoms with Crippen LogP contribution in [0.25, 0.3) is 0 Å². The highest BCUT2D eigenvalue weighted by Gasteiger charge is 2.32. The number of halogens is 3. The fourth-order valence-electron chi connectivity index (χ4n) is 2.56. The predicted octanol–water partition coefficient (Wildman–Crippen LogP) is 2.06. The van der Waals surface area contributed by atoms with Crippen molar-refractivity contribution in [3.05, 3.63) is 18.0 Å². The summed E-state index contributed by atoms with van der Waals surface area (Å²) in [4.78, 5) is 21.4. The highest BCUT2D eigenvalue weighted by Crippen LogP contribution is 2.28. The normalized spacial score (nSPS) is 18.9. The molecule has 1 aromatic heterocycles. The lowest BCUT2D eigenvalue weighted by Crippen LogP contribution is -2.48. The van der Waals surface area contributed by atoms with Gasteiger partial charge in [-0.3, -0.25) is 9.69 Å². The van der Waals surface area contributed by atoms with E-state index >= 15 is 0 Å².